The van der Waals surface area contributed by atoms with E-state index in [4.69, 9.17) is 4.74 Å². The van der Waals surface area contributed by atoms with Crippen LogP contribution in [-0.4, -0.2) is 48.0 Å². The van der Waals surface area contributed by atoms with E-state index in [0.29, 0.717) is 18.8 Å². The van der Waals surface area contributed by atoms with Gasteiger partial charge in [0.1, 0.15) is 11.7 Å². The number of H-pyrrole nitrogens is 1. The van der Waals surface area contributed by atoms with Crippen LogP contribution in [0, 0.1) is 0 Å². The molecule has 1 atom stereocenters. The van der Waals surface area contributed by atoms with Crippen LogP contribution in [0.3, 0.4) is 0 Å². The number of hydrogen-bond acceptors (Lipinski definition) is 3. The van der Waals surface area contributed by atoms with Crippen molar-refractivity contribution in [2.24, 2.45) is 0 Å². The Labute approximate surface area is 175 Å². The molecule has 6 heteroatoms. The quantitative estimate of drug-likeness (QED) is 0.639. The van der Waals surface area contributed by atoms with Crippen LogP contribution in [0.2, 0.25) is 0 Å². The molecule has 1 saturated carbocycles. The normalized spacial score (nSPS) is 18.5. The maximum Gasteiger partial charge on any atom is 0.272 e. The van der Waals surface area contributed by atoms with Crippen molar-refractivity contribution in [2.75, 3.05) is 20.3 Å². The van der Waals surface area contributed by atoms with Crippen LogP contribution in [0.25, 0.3) is 22.0 Å². The second-order valence-electron chi connectivity index (χ2n) is 7.99. The molecular weight excluding hydrogens is 378 g/mol. The number of fused-ring (bicyclic) bond motifs is 5. The summed E-state index contributed by atoms with van der Waals surface area (Å²) < 4.78 is 5.09. The first-order valence-electron chi connectivity index (χ1n) is 10.5. The predicted octanol–water partition coefficient (Wildman–Crippen LogP) is 3.65. The highest BCUT2D eigenvalue weighted by molar-refractivity contribution is 6.13. The summed E-state index contributed by atoms with van der Waals surface area (Å²) in [7, 11) is 1.61. The molecule has 6 nitrogen and oxygen atoms in total. The van der Waals surface area contributed by atoms with Crippen LogP contribution in [-0.2, 0) is 9.53 Å². The lowest BCUT2D eigenvalue weighted by Crippen LogP contribution is -2.51. The Morgan fingerprint density at radius 2 is 1.93 bits per heavy atom. The SMILES string of the molecule is COCCNC(=O)C1c2ccccc2-c2c([nH]c3ccccc23)C(=O)N1C1CCC1. The van der Waals surface area contributed by atoms with Gasteiger partial charge in [0, 0.05) is 36.2 Å². The molecule has 1 aliphatic carbocycles. The Bertz CT molecular complexity index is 1120. The maximum absolute atomic E-state index is 13.8. The number of amides is 2. The predicted molar refractivity (Wildman–Crippen MR) is 115 cm³/mol. The topological polar surface area (TPSA) is 74.4 Å². The van der Waals surface area contributed by atoms with E-state index in [0.717, 1.165) is 46.9 Å². The average Bonchev–Trinajstić information content (AvgIpc) is 3.07. The largest absolute Gasteiger partial charge is 0.383 e. The van der Waals surface area contributed by atoms with E-state index >= 15 is 0 Å². The Kier molecular flexibility index (Phi) is 4.79. The summed E-state index contributed by atoms with van der Waals surface area (Å²) >= 11 is 0. The van der Waals surface area contributed by atoms with Crippen LogP contribution < -0.4 is 5.32 Å². The molecule has 0 spiro atoms. The average molecular weight is 403 g/mol. The van der Waals surface area contributed by atoms with Gasteiger partial charge in [-0.25, -0.2) is 0 Å². The highest BCUT2D eigenvalue weighted by Gasteiger charge is 2.43. The number of ether oxygens (including phenoxy) is 1. The number of para-hydroxylation sites is 1. The summed E-state index contributed by atoms with van der Waals surface area (Å²) in [6.07, 6.45) is 2.92. The molecule has 154 valence electrons. The number of nitrogens with one attached hydrogen (secondary N) is 2. The van der Waals surface area contributed by atoms with Gasteiger partial charge >= 0.3 is 0 Å². The van der Waals surface area contributed by atoms with Gasteiger partial charge in [-0.2, -0.15) is 0 Å². The minimum absolute atomic E-state index is 0.0705. The van der Waals surface area contributed by atoms with Crippen molar-refractivity contribution in [1.29, 1.82) is 0 Å². The lowest BCUT2D eigenvalue weighted by Gasteiger charge is -2.41. The molecule has 2 aliphatic rings. The van der Waals surface area contributed by atoms with Gasteiger partial charge in [0.2, 0.25) is 5.91 Å². The van der Waals surface area contributed by atoms with Crippen LogP contribution in [0.15, 0.2) is 48.5 Å². The standard InChI is InChI=1S/C24H25N3O3/c1-30-14-13-25-23(28)22-17-10-3-2-9-16(17)20-18-11-4-5-12-19(18)26-21(20)24(29)27(22)15-7-6-8-15/h2-5,9-12,15,22,26H,6-8,13-14H2,1H3,(H,25,28). The first-order valence-corrected chi connectivity index (χ1v) is 10.5. The van der Waals surface area contributed by atoms with Crippen molar-refractivity contribution in [1.82, 2.24) is 15.2 Å². The zero-order valence-electron chi connectivity index (χ0n) is 17.0. The zero-order chi connectivity index (χ0) is 20.7. The van der Waals surface area contributed by atoms with Crippen molar-refractivity contribution in [3.63, 3.8) is 0 Å². The second kappa shape index (κ2) is 7.61. The van der Waals surface area contributed by atoms with Crippen molar-refractivity contribution in [3.8, 4) is 11.1 Å². The molecule has 1 fully saturated rings. The molecule has 2 N–H and O–H groups in total. The highest BCUT2D eigenvalue weighted by atomic mass is 16.5. The summed E-state index contributed by atoms with van der Waals surface area (Å²) in [6, 6.07) is 15.3. The third-order valence-corrected chi connectivity index (χ3v) is 6.28. The Hall–Kier alpha value is -3.12. The first-order chi connectivity index (χ1) is 14.7. The van der Waals surface area contributed by atoms with E-state index < -0.39 is 6.04 Å². The van der Waals surface area contributed by atoms with Crippen LogP contribution in [0.5, 0.6) is 0 Å². The Morgan fingerprint density at radius 3 is 2.70 bits per heavy atom. The molecule has 3 aromatic rings. The molecule has 0 bridgehead atoms. The highest BCUT2D eigenvalue weighted by Crippen LogP contribution is 2.44. The van der Waals surface area contributed by atoms with Crippen LogP contribution in [0.4, 0.5) is 0 Å². The summed E-state index contributed by atoms with van der Waals surface area (Å²) in [5.74, 6) is -0.261. The van der Waals surface area contributed by atoms with Crippen molar-refractivity contribution >= 4 is 22.7 Å². The number of rotatable bonds is 5. The second-order valence-corrected chi connectivity index (χ2v) is 7.99. The Morgan fingerprint density at radius 1 is 1.17 bits per heavy atom. The fraction of sp³-hybridized carbons (Fsp3) is 0.333. The molecule has 0 radical (unpaired) electrons. The van der Waals surface area contributed by atoms with Crippen molar-refractivity contribution in [3.05, 3.63) is 59.8 Å². The van der Waals surface area contributed by atoms with Crippen molar-refractivity contribution < 1.29 is 14.3 Å². The van der Waals surface area contributed by atoms with E-state index in [2.05, 4.69) is 10.3 Å². The molecule has 0 saturated heterocycles. The van der Waals surface area contributed by atoms with Gasteiger partial charge in [-0.1, -0.05) is 42.5 Å². The molecule has 1 aromatic heterocycles. The lowest BCUT2D eigenvalue weighted by atomic mass is 9.88. The van der Waals surface area contributed by atoms with Gasteiger partial charge < -0.3 is 19.9 Å². The number of methoxy groups -OCH3 is 1. The summed E-state index contributed by atoms with van der Waals surface area (Å²) in [5, 5.41) is 3.97. The van der Waals surface area contributed by atoms with Gasteiger partial charge in [-0.15, -0.1) is 0 Å². The molecule has 2 amide bonds. The summed E-state index contributed by atoms with van der Waals surface area (Å²) in [4.78, 5) is 32.4. The van der Waals surface area contributed by atoms with E-state index in [-0.39, 0.29) is 17.9 Å². The third kappa shape index (κ3) is 2.91. The zero-order valence-corrected chi connectivity index (χ0v) is 17.0. The van der Waals surface area contributed by atoms with E-state index in [1.165, 1.54) is 0 Å². The molecule has 30 heavy (non-hydrogen) atoms. The lowest BCUT2D eigenvalue weighted by molar-refractivity contribution is -0.127. The number of carbonyl (C=O) groups is 2. The number of benzene rings is 2. The number of aromatic nitrogens is 1. The van der Waals surface area contributed by atoms with E-state index in [9.17, 15) is 9.59 Å². The van der Waals surface area contributed by atoms with Crippen molar-refractivity contribution in [2.45, 2.75) is 31.3 Å². The van der Waals surface area contributed by atoms with Gasteiger partial charge in [0.15, 0.2) is 0 Å². The minimum Gasteiger partial charge on any atom is -0.383 e. The number of aromatic amines is 1. The fourth-order valence-corrected chi connectivity index (χ4v) is 4.62. The molecule has 1 unspecified atom stereocenters. The summed E-state index contributed by atoms with van der Waals surface area (Å²) in [5.41, 5.74) is 4.20. The minimum atomic E-state index is -0.657. The van der Waals surface area contributed by atoms with Crippen LogP contribution >= 0.6 is 0 Å². The summed E-state index contributed by atoms with van der Waals surface area (Å²) in [6.45, 7) is 0.843. The molecule has 2 heterocycles. The van der Waals surface area contributed by atoms with Gasteiger partial charge in [-0.3, -0.25) is 9.59 Å². The van der Waals surface area contributed by atoms with Gasteiger partial charge in [0.25, 0.3) is 5.91 Å². The molecule has 5 rings (SSSR count). The smallest absolute Gasteiger partial charge is 0.272 e. The van der Waals surface area contributed by atoms with Gasteiger partial charge in [0.05, 0.1) is 6.61 Å². The third-order valence-electron chi connectivity index (χ3n) is 6.28. The molecule has 2 aromatic carbocycles. The van der Waals surface area contributed by atoms with Gasteiger partial charge in [-0.05, 0) is 36.5 Å². The molecular formula is C24H25N3O3. The molecule has 1 aliphatic heterocycles. The maximum atomic E-state index is 13.8. The number of carbonyl (C=O) groups excluding carboxylic acids is 2. The van der Waals surface area contributed by atoms with Crippen LogP contribution in [0.1, 0.15) is 41.4 Å². The fourth-order valence-electron chi connectivity index (χ4n) is 4.62. The van der Waals surface area contributed by atoms with E-state index in [1.807, 2.05) is 53.4 Å². The van der Waals surface area contributed by atoms with E-state index in [1.54, 1.807) is 7.11 Å². The monoisotopic (exact) mass is 403 g/mol. The Balaban J connectivity index is 1.71. The number of nitrogens with zero attached hydrogens (tertiary/aromatic N) is 1. The first kappa shape index (κ1) is 18.9. The number of hydrogen-bond donors (Lipinski definition) is 2.